The molecule has 0 saturated carbocycles. The number of phosphoric ester groups is 1. The molecule has 1 aliphatic heterocycles. The Balaban J connectivity index is 1.73. The van der Waals surface area contributed by atoms with Crippen LogP contribution in [-0.4, -0.2) is 64.6 Å². The van der Waals surface area contributed by atoms with Crippen LogP contribution in [0.3, 0.4) is 0 Å². The number of ether oxygens (including phenoxy) is 2. The van der Waals surface area contributed by atoms with E-state index in [1.54, 1.807) is 0 Å². The fourth-order valence-corrected chi connectivity index (χ4v) is 5.93. The van der Waals surface area contributed by atoms with E-state index in [-0.39, 0.29) is 17.8 Å². The molecular weight excluding hydrogens is 529 g/mol. The second-order valence-corrected chi connectivity index (χ2v) is 10.8. The van der Waals surface area contributed by atoms with Gasteiger partial charge in [-0.25, -0.2) is 28.6 Å². The summed E-state index contributed by atoms with van der Waals surface area (Å²) in [6, 6.07) is 0. The van der Waals surface area contributed by atoms with Gasteiger partial charge in [-0.15, -0.1) is 0 Å². The van der Waals surface area contributed by atoms with Gasteiger partial charge >= 0.3 is 23.5 Å². The van der Waals surface area contributed by atoms with Crippen LogP contribution in [0.1, 0.15) is 12.6 Å². The van der Waals surface area contributed by atoms with Gasteiger partial charge in [0, 0.05) is 11.3 Å². The molecule has 23 heteroatoms. The highest BCUT2D eigenvalue weighted by atomic mass is 31.3. The van der Waals surface area contributed by atoms with Gasteiger partial charge in [0.1, 0.15) is 30.9 Å². The Morgan fingerprint density at radius 2 is 1.94 bits per heavy atom. The summed E-state index contributed by atoms with van der Waals surface area (Å²) < 4.78 is 58.7. The highest BCUT2D eigenvalue weighted by Gasteiger charge is 2.43. The zero-order valence-corrected chi connectivity index (χ0v) is 19.3. The van der Waals surface area contributed by atoms with Crippen LogP contribution in [-0.2, 0) is 36.3 Å². The number of imidazole rings is 1. The number of rotatable bonds is 11. The number of nitrogen functional groups attached to an aromatic ring is 1. The lowest BCUT2D eigenvalue weighted by molar-refractivity contribution is -0.0583. The quantitative estimate of drug-likeness (QED) is 0.112. The molecule has 2 aromatic heterocycles. The van der Waals surface area contributed by atoms with E-state index in [2.05, 4.69) is 38.1 Å². The van der Waals surface area contributed by atoms with Crippen molar-refractivity contribution in [2.24, 2.45) is 5.11 Å². The highest BCUT2D eigenvalue weighted by molar-refractivity contribution is 7.66. The van der Waals surface area contributed by atoms with Crippen LogP contribution in [0.4, 0.5) is 5.82 Å². The SMILES string of the molecule is [N-]=[N+]=NCOC1CC(n2cnc3c(N)ncnc32)OC1COP(=O)(O)OP(=O)(O)OP(=O)(O)O. The minimum atomic E-state index is -5.68. The molecule has 3 rings (SSSR count). The molecule has 1 fully saturated rings. The van der Waals surface area contributed by atoms with Gasteiger partial charge in [0.25, 0.3) is 0 Å². The van der Waals surface area contributed by atoms with Crippen molar-refractivity contribution in [3.63, 3.8) is 0 Å². The van der Waals surface area contributed by atoms with Crippen molar-refractivity contribution in [3.8, 4) is 0 Å². The number of anilines is 1. The Morgan fingerprint density at radius 3 is 2.62 bits per heavy atom. The standard InChI is InChI=1S/C11H17N8O12P3/c12-10-9-11(15-3-14-10)19(4-16-9)8-1-6(27-5-17-18-13)7(29-8)2-28-33(23,24)31-34(25,26)30-32(20,21)22/h3-4,6-8H,1-2,5H2,(H,23,24)(H,25,26)(H2,12,14,15)(H2,20,21,22). The van der Waals surface area contributed by atoms with E-state index >= 15 is 0 Å². The fraction of sp³-hybridized carbons (Fsp3) is 0.545. The van der Waals surface area contributed by atoms with Crippen molar-refractivity contribution in [1.82, 2.24) is 19.5 Å². The molecule has 1 saturated heterocycles. The third-order valence-corrected chi connectivity index (χ3v) is 7.91. The van der Waals surface area contributed by atoms with E-state index in [0.29, 0.717) is 5.65 Å². The van der Waals surface area contributed by atoms with Crippen molar-refractivity contribution >= 4 is 40.4 Å². The summed E-state index contributed by atoms with van der Waals surface area (Å²) in [5.74, 6) is 0.113. The van der Waals surface area contributed by atoms with E-state index in [9.17, 15) is 23.5 Å². The van der Waals surface area contributed by atoms with Gasteiger partial charge in [0.2, 0.25) is 0 Å². The number of hydrogen-bond donors (Lipinski definition) is 5. The molecule has 188 valence electrons. The lowest BCUT2D eigenvalue weighted by Gasteiger charge is -2.20. The van der Waals surface area contributed by atoms with Gasteiger partial charge in [-0.2, -0.15) is 8.62 Å². The van der Waals surface area contributed by atoms with Crippen molar-refractivity contribution < 1.29 is 55.9 Å². The first-order valence-corrected chi connectivity index (χ1v) is 13.3. The van der Waals surface area contributed by atoms with E-state index in [1.807, 2.05) is 0 Å². The van der Waals surface area contributed by atoms with Crippen molar-refractivity contribution in [1.29, 1.82) is 0 Å². The smallest absolute Gasteiger partial charge is 0.382 e. The van der Waals surface area contributed by atoms with E-state index in [1.165, 1.54) is 17.2 Å². The summed E-state index contributed by atoms with van der Waals surface area (Å²) in [6.07, 6.45) is -0.187. The first-order chi connectivity index (χ1) is 15.8. The largest absolute Gasteiger partial charge is 0.490 e. The van der Waals surface area contributed by atoms with E-state index in [0.717, 1.165) is 0 Å². The van der Waals surface area contributed by atoms with Gasteiger partial charge in [-0.05, 0) is 5.53 Å². The van der Waals surface area contributed by atoms with Crippen LogP contribution in [0.15, 0.2) is 17.8 Å². The molecule has 5 atom stereocenters. The second kappa shape index (κ2) is 10.3. The third kappa shape index (κ3) is 7.00. The summed E-state index contributed by atoms with van der Waals surface area (Å²) in [6.45, 7) is -1.20. The zero-order valence-electron chi connectivity index (χ0n) is 16.6. The maximum atomic E-state index is 12.0. The van der Waals surface area contributed by atoms with Crippen LogP contribution in [0.5, 0.6) is 0 Å². The first kappa shape index (κ1) is 26.6. The molecule has 6 N–H and O–H groups in total. The average Bonchev–Trinajstić information content (AvgIpc) is 3.28. The average molecular weight is 546 g/mol. The van der Waals surface area contributed by atoms with Crippen LogP contribution in [0, 0.1) is 0 Å². The van der Waals surface area contributed by atoms with Crippen molar-refractivity contribution in [3.05, 3.63) is 23.1 Å². The Hall–Kier alpha value is -2.01. The predicted octanol–water partition coefficient (Wildman–Crippen LogP) is 0.692. The minimum Gasteiger partial charge on any atom is -0.382 e. The molecular formula is C11H17N8O12P3. The van der Waals surface area contributed by atoms with Gasteiger partial charge < -0.3 is 34.8 Å². The topological polar surface area (TPSA) is 297 Å². The zero-order chi connectivity index (χ0) is 25.1. The molecule has 0 aliphatic carbocycles. The van der Waals surface area contributed by atoms with Gasteiger partial charge in [0.15, 0.2) is 11.5 Å². The molecule has 2 aromatic rings. The molecule has 5 unspecified atom stereocenters. The summed E-state index contributed by atoms with van der Waals surface area (Å²) in [5.41, 5.74) is 14.8. The number of aromatic nitrogens is 4. The van der Waals surface area contributed by atoms with Crippen LogP contribution in [0.25, 0.3) is 21.6 Å². The molecule has 20 nitrogen and oxygen atoms in total. The number of phosphoric acid groups is 3. The Bertz CT molecular complexity index is 1230. The number of azide groups is 1. The molecule has 0 amide bonds. The van der Waals surface area contributed by atoms with Gasteiger partial charge in [-0.1, -0.05) is 5.11 Å². The maximum Gasteiger partial charge on any atom is 0.490 e. The van der Waals surface area contributed by atoms with Crippen molar-refractivity contribution in [2.75, 3.05) is 19.1 Å². The molecule has 1 aliphatic rings. The van der Waals surface area contributed by atoms with Crippen LogP contribution in [0.2, 0.25) is 0 Å². The molecule has 0 aromatic carbocycles. The summed E-state index contributed by atoms with van der Waals surface area (Å²) in [7, 11) is -16.6. The first-order valence-electron chi connectivity index (χ1n) is 8.79. The fourth-order valence-electron chi connectivity index (χ4n) is 2.90. The second-order valence-electron chi connectivity index (χ2n) is 6.40. The summed E-state index contributed by atoms with van der Waals surface area (Å²) in [4.78, 5) is 50.6. The lowest BCUT2D eigenvalue weighted by atomic mass is 10.2. The number of hydrogen-bond acceptors (Lipinski definition) is 13. The monoisotopic (exact) mass is 546 g/mol. The number of fused-ring (bicyclic) bond motifs is 1. The number of nitrogens with two attached hydrogens (primary N) is 1. The molecule has 0 radical (unpaired) electrons. The Kier molecular flexibility index (Phi) is 8.07. The van der Waals surface area contributed by atoms with E-state index in [4.69, 9.17) is 30.5 Å². The molecule has 3 heterocycles. The maximum absolute atomic E-state index is 12.0. The van der Waals surface area contributed by atoms with E-state index < -0.39 is 55.2 Å². The minimum absolute atomic E-state index is 0.0841. The normalized spacial score (nSPS) is 24.4. The molecule has 0 spiro atoms. The van der Waals surface area contributed by atoms with Crippen LogP contribution >= 0.6 is 23.5 Å². The highest BCUT2D eigenvalue weighted by Crippen LogP contribution is 2.66. The van der Waals surface area contributed by atoms with Gasteiger partial charge in [-0.3, -0.25) is 9.09 Å². The third-order valence-electron chi connectivity index (χ3n) is 4.11. The molecule has 34 heavy (non-hydrogen) atoms. The Morgan fingerprint density at radius 1 is 1.21 bits per heavy atom. The summed E-state index contributed by atoms with van der Waals surface area (Å²) >= 11 is 0. The van der Waals surface area contributed by atoms with Crippen LogP contribution < -0.4 is 5.73 Å². The van der Waals surface area contributed by atoms with Crippen molar-refractivity contribution in [2.45, 2.75) is 24.9 Å². The van der Waals surface area contributed by atoms with Gasteiger partial charge in [0.05, 0.1) is 19.0 Å². The number of nitrogens with zero attached hydrogens (tertiary/aromatic N) is 7. The Labute approximate surface area is 188 Å². The molecule has 0 bridgehead atoms. The predicted molar refractivity (Wildman–Crippen MR) is 107 cm³/mol. The summed E-state index contributed by atoms with van der Waals surface area (Å²) in [5, 5.41) is 3.23. The lowest BCUT2D eigenvalue weighted by Crippen LogP contribution is -2.29.